The molecular formula is C21H19FN2O4S. The van der Waals surface area contributed by atoms with Crippen molar-refractivity contribution in [2.24, 2.45) is 0 Å². The minimum atomic E-state index is -3.73. The van der Waals surface area contributed by atoms with Gasteiger partial charge in [0.2, 0.25) is 0 Å². The highest BCUT2D eigenvalue weighted by Gasteiger charge is 2.15. The summed E-state index contributed by atoms with van der Waals surface area (Å²) in [6, 6.07) is 19.8. The van der Waals surface area contributed by atoms with Gasteiger partial charge in [-0.3, -0.25) is 9.52 Å². The molecule has 0 saturated carbocycles. The Bertz CT molecular complexity index is 1070. The Balaban J connectivity index is 1.60. The third kappa shape index (κ3) is 5.32. The number of nitrogens with zero attached hydrogens (tertiary/aromatic N) is 1. The molecule has 3 aromatic rings. The van der Waals surface area contributed by atoms with Gasteiger partial charge >= 0.3 is 0 Å². The lowest BCUT2D eigenvalue weighted by atomic mass is 10.3. The fourth-order valence-corrected chi connectivity index (χ4v) is 3.54. The molecule has 0 radical (unpaired) electrons. The average molecular weight is 414 g/mol. The molecular weight excluding hydrogens is 395 g/mol. The molecule has 0 spiro atoms. The van der Waals surface area contributed by atoms with Crippen LogP contribution in [-0.2, 0) is 14.8 Å². The van der Waals surface area contributed by atoms with Crippen molar-refractivity contribution in [3.63, 3.8) is 0 Å². The Morgan fingerprint density at radius 2 is 1.59 bits per heavy atom. The summed E-state index contributed by atoms with van der Waals surface area (Å²) < 4.78 is 45.7. The molecule has 1 N–H and O–H groups in total. The van der Waals surface area contributed by atoms with E-state index >= 15 is 0 Å². The first kappa shape index (κ1) is 20.3. The number of rotatable bonds is 7. The number of halogens is 1. The van der Waals surface area contributed by atoms with E-state index in [1.54, 1.807) is 37.4 Å². The Kier molecular flexibility index (Phi) is 6.13. The van der Waals surface area contributed by atoms with Crippen molar-refractivity contribution in [1.82, 2.24) is 0 Å². The summed E-state index contributed by atoms with van der Waals surface area (Å²) >= 11 is 0. The van der Waals surface area contributed by atoms with Gasteiger partial charge in [-0.25, -0.2) is 12.8 Å². The molecule has 0 unspecified atom stereocenters. The van der Waals surface area contributed by atoms with Crippen molar-refractivity contribution >= 4 is 27.3 Å². The largest absolute Gasteiger partial charge is 0.484 e. The third-order valence-corrected chi connectivity index (χ3v) is 5.51. The van der Waals surface area contributed by atoms with Crippen molar-refractivity contribution < 1.29 is 22.3 Å². The zero-order chi connectivity index (χ0) is 20.9. The zero-order valence-electron chi connectivity index (χ0n) is 15.6. The van der Waals surface area contributed by atoms with Gasteiger partial charge in [-0.1, -0.05) is 18.2 Å². The molecule has 0 aliphatic rings. The normalized spacial score (nSPS) is 11.0. The second-order valence-electron chi connectivity index (χ2n) is 6.16. The molecule has 0 bridgehead atoms. The first-order valence-corrected chi connectivity index (χ1v) is 10.2. The quantitative estimate of drug-likeness (QED) is 0.640. The molecule has 0 atom stereocenters. The van der Waals surface area contributed by atoms with E-state index in [0.717, 1.165) is 0 Å². The maximum absolute atomic E-state index is 13.0. The second kappa shape index (κ2) is 8.74. The lowest BCUT2D eigenvalue weighted by molar-refractivity contribution is -0.120. The maximum atomic E-state index is 13.0. The molecule has 1 amide bonds. The van der Waals surface area contributed by atoms with E-state index in [1.165, 1.54) is 53.4 Å². The molecule has 8 heteroatoms. The van der Waals surface area contributed by atoms with Crippen LogP contribution in [0.15, 0.2) is 83.8 Å². The highest BCUT2D eigenvalue weighted by Crippen LogP contribution is 2.20. The minimum Gasteiger partial charge on any atom is -0.484 e. The monoisotopic (exact) mass is 414 g/mol. The Labute approximate surface area is 168 Å². The maximum Gasteiger partial charge on any atom is 0.264 e. The molecule has 29 heavy (non-hydrogen) atoms. The molecule has 0 aromatic heterocycles. The first-order valence-electron chi connectivity index (χ1n) is 8.68. The van der Waals surface area contributed by atoms with Crippen LogP contribution in [0.1, 0.15) is 0 Å². The molecule has 6 nitrogen and oxygen atoms in total. The molecule has 0 fully saturated rings. The van der Waals surface area contributed by atoms with Crippen LogP contribution in [0, 0.1) is 5.82 Å². The van der Waals surface area contributed by atoms with E-state index in [9.17, 15) is 17.6 Å². The van der Waals surface area contributed by atoms with Gasteiger partial charge in [0, 0.05) is 18.4 Å². The van der Waals surface area contributed by atoms with Crippen LogP contribution in [0.5, 0.6) is 5.75 Å². The minimum absolute atomic E-state index is 0.0726. The fourth-order valence-electron chi connectivity index (χ4n) is 2.49. The number of para-hydroxylation sites is 1. The topological polar surface area (TPSA) is 75.7 Å². The first-order chi connectivity index (χ1) is 13.8. The van der Waals surface area contributed by atoms with E-state index in [4.69, 9.17) is 4.74 Å². The van der Waals surface area contributed by atoms with Crippen molar-refractivity contribution in [3.05, 3.63) is 84.7 Å². The lowest BCUT2D eigenvalue weighted by Crippen LogP contribution is -2.31. The van der Waals surface area contributed by atoms with Crippen molar-refractivity contribution in [2.75, 3.05) is 23.3 Å². The number of hydrogen-bond acceptors (Lipinski definition) is 4. The van der Waals surface area contributed by atoms with Crippen LogP contribution in [0.2, 0.25) is 0 Å². The van der Waals surface area contributed by atoms with Gasteiger partial charge < -0.3 is 9.64 Å². The number of ether oxygens (including phenoxy) is 1. The summed E-state index contributed by atoms with van der Waals surface area (Å²) in [5, 5.41) is 0. The van der Waals surface area contributed by atoms with Crippen molar-refractivity contribution in [2.45, 2.75) is 4.90 Å². The number of amides is 1. The van der Waals surface area contributed by atoms with Gasteiger partial charge in [-0.15, -0.1) is 0 Å². The zero-order valence-corrected chi connectivity index (χ0v) is 16.4. The summed E-state index contributed by atoms with van der Waals surface area (Å²) in [4.78, 5) is 13.7. The molecule has 0 saturated heterocycles. The molecule has 3 rings (SSSR count). The molecule has 0 heterocycles. The number of hydrogen-bond donors (Lipinski definition) is 1. The van der Waals surface area contributed by atoms with E-state index in [0.29, 0.717) is 17.1 Å². The van der Waals surface area contributed by atoms with Gasteiger partial charge in [-0.05, 0) is 60.7 Å². The number of benzene rings is 3. The Morgan fingerprint density at radius 3 is 2.21 bits per heavy atom. The predicted molar refractivity (Wildman–Crippen MR) is 109 cm³/mol. The summed E-state index contributed by atoms with van der Waals surface area (Å²) in [5.41, 5.74) is 0.996. The summed E-state index contributed by atoms with van der Waals surface area (Å²) in [6.07, 6.45) is 0. The van der Waals surface area contributed by atoms with E-state index < -0.39 is 10.0 Å². The van der Waals surface area contributed by atoms with Crippen LogP contribution in [0.4, 0.5) is 15.8 Å². The van der Waals surface area contributed by atoms with Gasteiger partial charge in [0.15, 0.2) is 6.61 Å². The van der Waals surface area contributed by atoms with Crippen molar-refractivity contribution in [1.29, 1.82) is 0 Å². The highest BCUT2D eigenvalue weighted by atomic mass is 32.2. The SMILES string of the molecule is CN(C(=O)COc1ccc(S(=O)(=O)Nc2ccccc2)cc1)c1ccc(F)cc1. The summed E-state index contributed by atoms with van der Waals surface area (Å²) in [7, 11) is -2.17. The second-order valence-corrected chi connectivity index (χ2v) is 7.84. The standard InChI is InChI=1S/C21H19FN2O4S/c1-24(18-9-7-16(22)8-10-18)21(25)15-28-19-11-13-20(14-12-19)29(26,27)23-17-5-3-2-4-6-17/h2-14,23H,15H2,1H3. The van der Waals surface area contributed by atoms with Crippen LogP contribution in [-0.4, -0.2) is 28.0 Å². The number of likely N-dealkylation sites (N-methyl/N-ethyl adjacent to an activating group) is 1. The third-order valence-electron chi connectivity index (χ3n) is 4.11. The van der Waals surface area contributed by atoms with Crippen LogP contribution < -0.4 is 14.4 Å². The van der Waals surface area contributed by atoms with E-state index in [1.807, 2.05) is 0 Å². The van der Waals surface area contributed by atoms with Gasteiger partial charge in [0.25, 0.3) is 15.9 Å². The average Bonchev–Trinajstić information content (AvgIpc) is 2.73. The number of carbonyl (C=O) groups is 1. The van der Waals surface area contributed by atoms with Crippen molar-refractivity contribution in [3.8, 4) is 5.75 Å². The van der Waals surface area contributed by atoms with Crippen LogP contribution in [0.25, 0.3) is 0 Å². The number of sulfonamides is 1. The number of anilines is 2. The Hall–Kier alpha value is -3.39. The molecule has 150 valence electrons. The predicted octanol–water partition coefficient (Wildman–Crippen LogP) is 3.67. The molecule has 3 aromatic carbocycles. The number of nitrogens with one attached hydrogen (secondary N) is 1. The fraction of sp³-hybridized carbons (Fsp3) is 0.0952. The van der Waals surface area contributed by atoms with Crippen LogP contribution in [0.3, 0.4) is 0 Å². The van der Waals surface area contributed by atoms with Gasteiger partial charge in [-0.2, -0.15) is 0 Å². The molecule has 0 aliphatic carbocycles. The van der Waals surface area contributed by atoms with E-state index in [-0.39, 0.29) is 23.2 Å². The highest BCUT2D eigenvalue weighted by molar-refractivity contribution is 7.92. The lowest BCUT2D eigenvalue weighted by Gasteiger charge is -2.17. The van der Waals surface area contributed by atoms with Gasteiger partial charge in [0.05, 0.1) is 4.90 Å². The smallest absolute Gasteiger partial charge is 0.264 e. The summed E-state index contributed by atoms with van der Waals surface area (Å²) in [5.74, 6) is -0.369. The van der Waals surface area contributed by atoms with Crippen LogP contribution >= 0.6 is 0 Å². The summed E-state index contributed by atoms with van der Waals surface area (Å²) in [6.45, 7) is -0.248. The van der Waals surface area contributed by atoms with Gasteiger partial charge in [0.1, 0.15) is 11.6 Å². The van der Waals surface area contributed by atoms with E-state index in [2.05, 4.69) is 4.72 Å². The Morgan fingerprint density at radius 1 is 0.966 bits per heavy atom. The molecule has 0 aliphatic heterocycles. The number of carbonyl (C=O) groups excluding carboxylic acids is 1.